The first kappa shape index (κ1) is 15.2. The Kier molecular flexibility index (Phi) is 4.39. The zero-order valence-corrected chi connectivity index (χ0v) is 12.8. The maximum Gasteiger partial charge on any atom is 0.301 e. The minimum atomic E-state index is -3.53. The van der Waals surface area contributed by atoms with Crippen molar-refractivity contribution in [1.29, 1.82) is 0 Å². The molecule has 0 fully saturated rings. The third kappa shape index (κ3) is 3.67. The predicted octanol–water partition coefficient (Wildman–Crippen LogP) is 1.37. The second-order valence-electron chi connectivity index (χ2n) is 4.43. The number of benzene rings is 1. The highest BCUT2D eigenvalue weighted by atomic mass is 32.2. The van der Waals surface area contributed by atoms with Gasteiger partial charge in [-0.25, -0.2) is 0 Å². The molecule has 2 rings (SSSR count). The van der Waals surface area contributed by atoms with E-state index in [1.807, 2.05) is 6.07 Å². The molecule has 21 heavy (non-hydrogen) atoms. The van der Waals surface area contributed by atoms with E-state index in [0.717, 1.165) is 9.87 Å². The van der Waals surface area contributed by atoms with Crippen molar-refractivity contribution >= 4 is 15.9 Å². The zero-order valence-electron chi connectivity index (χ0n) is 11.9. The van der Waals surface area contributed by atoms with Crippen LogP contribution >= 0.6 is 0 Å². The Bertz CT molecular complexity index is 714. The highest BCUT2D eigenvalue weighted by molar-refractivity contribution is 7.90. The summed E-state index contributed by atoms with van der Waals surface area (Å²) >= 11 is 0. The van der Waals surface area contributed by atoms with Gasteiger partial charge in [0, 0.05) is 25.7 Å². The van der Waals surface area contributed by atoms with Gasteiger partial charge in [0.05, 0.1) is 18.5 Å². The fourth-order valence-corrected chi connectivity index (χ4v) is 2.17. The molecular weight excluding hydrogens is 292 g/mol. The average Bonchev–Trinajstić information content (AvgIpc) is 2.47. The van der Waals surface area contributed by atoms with Gasteiger partial charge in [-0.05, 0) is 18.2 Å². The van der Waals surface area contributed by atoms with Crippen molar-refractivity contribution in [3.8, 4) is 17.1 Å². The van der Waals surface area contributed by atoms with Crippen LogP contribution in [-0.2, 0) is 10.2 Å². The van der Waals surface area contributed by atoms with Crippen LogP contribution in [0.25, 0.3) is 11.3 Å². The Morgan fingerprint density at radius 2 is 1.90 bits per heavy atom. The maximum atomic E-state index is 11.8. The van der Waals surface area contributed by atoms with Gasteiger partial charge in [-0.1, -0.05) is 12.1 Å². The fourth-order valence-electron chi connectivity index (χ4n) is 1.57. The van der Waals surface area contributed by atoms with Gasteiger partial charge < -0.3 is 4.74 Å². The van der Waals surface area contributed by atoms with Crippen molar-refractivity contribution in [3.63, 3.8) is 0 Å². The van der Waals surface area contributed by atoms with Gasteiger partial charge in [-0.3, -0.25) is 4.72 Å². The minimum Gasteiger partial charge on any atom is -0.480 e. The van der Waals surface area contributed by atoms with Gasteiger partial charge in [0.2, 0.25) is 5.88 Å². The van der Waals surface area contributed by atoms with Crippen molar-refractivity contribution in [2.45, 2.75) is 0 Å². The summed E-state index contributed by atoms with van der Waals surface area (Å²) in [6.07, 6.45) is 0. The maximum absolute atomic E-state index is 11.8. The van der Waals surface area contributed by atoms with Crippen LogP contribution in [0.15, 0.2) is 36.4 Å². The van der Waals surface area contributed by atoms with Crippen LogP contribution in [0.1, 0.15) is 0 Å². The molecule has 0 aliphatic carbocycles. The quantitative estimate of drug-likeness (QED) is 0.902. The van der Waals surface area contributed by atoms with Crippen LogP contribution in [0.5, 0.6) is 5.88 Å². The Labute approximate surface area is 123 Å². The number of methoxy groups -OCH3 is 1. The van der Waals surface area contributed by atoms with E-state index in [1.54, 1.807) is 30.3 Å². The molecule has 0 bridgehead atoms. The standard InChI is InChI=1S/C13H16N4O3S/c1-17(2)21(18,19)16-11-6-4-5-10(9-11)12-7-8-13(20-3)15-14-12/h4-9,16H,1-3H3. The fraction of sp³-hybridized carbons (Fsp3) is 0.231. The summed E-state index contributed by atoms with van der Waals surface area (Å²) in [6, 6.07) is 10.4. The third-order valence-corrected chi connectivity index (χ3v) is 4.19. The highest BCUT2D eigenvalue weighted by Gasteiger charge is 2.13. The Balaban J connectivity index is 2.29. The van der Waals surface area contributed by atoms with E-state index < -0.39 is 10.2 Å². The summed E-state index contributed by atoms with van der Waals surface area (Å²) in [5.74, 6) is 0.420. The van der Waals surface area contributed by atoms with Gasteiger partial charge in [-0.2, -0.15) is 12.7 Å². The van der Waals surface area contributed by atoms with Gasteiger partial charge in [0.25, 0.3) is 0 Å². The summed E-state index contributed by atoms with van der Waals surface area (Å²) < 4.78 is 32.1. The van der Waals surface area contributed by atoms with Crippen molar-refractivity contribution in [1.82, 2.24) is 14.5 Å². The smallest absolute Gasteiger partial charge is 0.301 e. The van der Waals surface area contributed by atoms with E-state index in [9.17, 15) is 8.42 Å². The van der Waals surface area contributed by atoms with Crippen LogP contribution in [0.3, 0.4) is 0 Å². The molecular formula is C13H16N4O3S. The second kappa shape index (κ2) is 6.06. The zero-order chi connectivity index (χ0) is 15.5. The molecule has 0 saturated heterocycles. The van der Waals surface area contributed by atoms with Crippen LogP contribution in [-0.4, -0.2) is 44.1 Å². The molecule has 0 aliphatic rings. The van der Waals surface area contributed by atoms with E-state index in [1.165, 1.54) is 21.2 Å². The number of aromatic nitrogens is 2. The van der Waals surface area contributed by atoms with Crippen molar-refractivity contribution in [2.75, 3.05) is 25.9 Å². The lowest BCUT2D eigenvalue weighted by Crippen LogP contribution is -2.28. The SMILES string of the molecule is COc1ccc(-c2cccc(NS(=O)(=O)N(C)C)c2)nn1. The number of hydrogen-bond acceptors (Lipinski definition) is 5. The highest BCUT2D eigenvalue weighted by Crippen LogP contribution is 2.22. The summed E-state index contributed by atoms with van der Waals surface area (Å²) in [6.45, 7) is 0. The lowest BCUT2D eigenvalue weighted by Gasteiger charge is -2.13. The molecule has 1 N–H and O–H groups in total. The molecule has 1 aromatic heterocycles. The lowest BCUT2D eigenvalue weighted by atomic mass is 10.1. The van der Waals surface area contributed by atoms with Crippen molar-refractivity contribution < 1.29 is 13.2 Å². The van der Waals surface area contributed by atoms with E-state index in [0.29, 0.717) is 17.3 Å². The molecule has 0 radical (unpaired) electrons. The molecule has 0 atom stereocenters. The first-order valence-corrected chi connectivity index (χ1v) is 7.55. The number of nitrogens with one attached hydrogen (secondary N) is 1. The summed E-state index contributed by atoms with van der Waals surface area (Å²) in [7, 11) is 0.900. The Hall–Kier alpha value is -2.19. The van der Waals surface area contributed by atoms with Crippen LogP contribution in [0, 0.1) is 0 Å². The molecule has 1 aromatic carbocycles. The Morgan fingerprint density at radius 1 is 1.14 bits per heavy atom. The molecule has 1 heterocycles. The van der Waals surface area contributed by atoms with Gasteiger partial charge in [0.1, 0.15) is 0 Å². The number of anilines is 1. The molecule has 112 valence electrons. The molecule has 2 aromatic rings. The van der Waals surface area contributed by atoms with Crippen LogP contribution < -0.4 is 9.46 Å². The molecule has 0 aliphatic heterocycles. The number of nitrogens with zero attached hydrogens (tertiary/aromatic N) is 3. The number of ether oxygens (including phenoxy) is 1. The molecule has 8 heteroatoms. The molecule has 7 nitrogen and oxygen atoms in total. The Morgan fingerprint density at radius 3 is 2.48 bits per heavy atom. The van der Waals surface area contributed by atoms with Gasteiger partial charge in [-0.15, -0.1) is 10.2 Å². The van der Waals surface area contributed by atoms with Crippen molar-refractivity contribution in [2.24, 2.45) is 0 Å². The summed E-state index contributed by atoms with van der Waals surface area (Å²) in [5, 5.41) is 7.92. The monoisotopic (exact) mass is 308 g/mol. The van der Waals surface area contributed by atoms with Crippen LogP contribution in [0.4, 0.5) is 5.69 Å². The van der Waals surface area contributed by atoms with E-state index in [-0.39, 0.29) is 0 Å². The minimum absolute atomic E-state index is 0.420. The third-order valence-electron chi connectivity index (χ3n) is 2.74. The van der Waals surface area contributed by atoms with Gasteiger partial charge >= 0.3 is 10.2 Å². The summed E-state index contributed by atoms with van der Waals surface area (Å²) in [5.41, 5.74) is 1.84. The largest absolute Gasteiger partial charge is 0.480 e. The molecule has 0 unspecified atom stereocenters. The normalized spacial score (nSPS) is 11.4. The summed E-state index contributed by atoms with van der Waals surface area (Å²) in [4.78, 5) is 0. The molecule has 0 amide bonds. The first-order valence-electron chi connectivity index (χ1n) is 6.11. The van der Waals surface area contributed by atoms with E-state index >= 15 is 0 Å². The average molecular weight is 308 g/mol. The lowest BCUT2D eigenvalue weighted by molar-refractivity contribution is 0.392. The van der Waals surface area contributed by atoms with Crippen LogP contribution in [0.2, 0.25) is 0 Å². The van der Waals surface area contributed by atoms with E-state index in [4.69, 9.17) is 4.74 Å². The topological polar surface area (TPSA) is 84.4 Å². The molecule has 0 spiro atoms. The second-order valence-corrected chi connectivity index (χ2v) is 6.32. The molecule has 0 saturated carbocycles. The number of rotatable bonds is 5. The predicted molar refractivity (Wildman–Crippen MR) is 80.2 cm³/mol. The first-order chi connectivity index (χ1) is 9.92. The van der Waals surface area contributed by atoms with Crippen molar-refractivity contribution in [3.05, 3.63) is 36.4 Å². The van der Waals surface area contributed by atoms with E-state index in [2.05, 4.69) is 14.9 Å². The van der Waals surface area contributed by atoms with Gasteiger partial charge in [0.15, 0.2) is 0 Å². The number of hydrogen-bond donors (Lipinski definition) is 1.